The molecule has 1 nitrogen and oxygen atoms in total. The molecule has 0 unspecified atom stereocenters. The molecule has 0 spiro atoms. The van der Waals surface area contributed by atoms with Crippen LogP contribution in [0.25, 0.3) is 0 Å². The van der Waals surface area contributed by atoms with Gasteiger partial charge < -0.3 is 4.90 Å². The number of hydrogen-bond donors (Lipinski definition) is 0. The van der Waals surface area contributed by atoms with E-state index in [1.807, 2.05) is 13.8 Å². The second-order valence-electron chi connectivity index (χ2n) is 3.48. The molecule has 2 heterocycles. The summed E-state index contributed by atoms with van der Waals surface area (Å²) in [5.41, 5.74) is 0. The van der Waals surface area contributed by atoms with E-state index in [2.05, 4.69) is 11.9 Å². The van der Waals surface area contributed by atoms with Gasteiger partial charge in [-0.2, -0.15) is 0 Å². The smallest absolute Gasteiger partial charge is 0.00957 e. The van der Waals surface area contributed by atoms with Gasteiger partial charge in [0.05, 0.1) is 0 Å². The minimum atomic E-state index is 0.962. The lowest BCUT2D eigenvalue weighted by molar-refractivity contribution is 0.179. The normalized spacial score (nSPS) is 36.3. The standard InChI is InChI=1S/C8H15N.C2H6/c1-9-7-3-2-4-8(9)6-5-7;1-2/h7-8H,2-6H2,1H3;1-2H3/t7-,8+;. The molecule has 2 aliphatic heterocycles. The number of nitrogens with zero attached hydrogens (tertiary/aromatic N) is 1. The average molecular weight is 155 g/mol. The first kappa shape index (κ1) is 9.05. The van der Waals surface area contributed by atoms with Crippen LogP contribution < -0.4 is 0 Å². The Hall–Kier alpha value is -0.0400. The van der Waals surface area contributed by atoms with Gasteiger partial charge in [0.25, 0.3) is 0 Å². The molecule has 0 amide bonds. The zero-order valence-corrected chi connectivity index (χ0v) is 8.14. The zero-order chi connectivity index (χ0) is 8.27. The number of piperidine rings is 1. The zero-order valence-electron chi connectivity index (χ0n) is 8.14. The summed E-state index contributed by atoms with van der Waals surface area (Å²) in [6.07, 6.45) is 7.36. The fourth-order valence-electron chi connectivity index (χ4n) is 2.38. The van der Waals surface area contributed by atoms with Crippen LogP contribution in [0.15, 0.2) is 0 Å². The van der Waals surface area contributed by atoms with E-state index < -0.39 is 0 Å². The van der Waals surface area contributed by atoms with Crippen molar-refractivity contribution in [3.8, 4) is 0 Å². The lowest BCUT2D eigenvalue weighted by Crippen LogP contribution is -2.35. The van der Waals surface area contributed by atoms with Crippen molar-refractivity contribution in [3.05, 3.63) is 0 Å². The van der Waals surface area contributed by atoms with Crippen LogP contribution in [-0.4, -0.2) is 24.0 Å². The van der Waals surface area contributed by atoms with Gasteiger partial charge in [-0.25, -0.2) is 0 Å². The third kappa shape index (κ3) is 1.76. The lowest BCUT2D eigenvalue weighted by Gasteiger charge is -2.30. The molecule has 2 bridgehead atoms. The first-order chi connectivity index (χ1) is 5.38. The molecule has 0 N–H and O–H groups in total. The molecule has 0 aromatic heterocycles. The Morgan fingerprint density at radius 1 is 0.909 bits per heavy atom. The summed E-state index contributed by atoms with van der Waals surface area (Å²) in [5, 5.41) is 0. The highest BCUT2D eigenvalue weighted by Gasteiger charge is 2.33. The van der Waals surface area contributed by atoms with Crippen molar-refractivity contribution in [2.75, 3.05) is 7.05 Å². The van der Waals surface area contributed by atoms with Crippen LogP contribution in [0, 0.1) is 0 Å². The summed E-state index contributed by atoms with van der Waals surface area (Å²) in [6.45, 7) is 4.00. The molecule has 0 aromatic carbocycles. The molecule has 0 aliphatic carbocycles. The Kier molecular flexibility index (Phi) is 3.38. The van der Waals surface area contributed by atoms with E-state index in [0.29, 0.717) is 0 Å². The van der Waals surface area contributed by atoms with E-state index in [9.17, 15) is 0 Å². The van der Waals surface area contributed by atoms with Gasteiger partial charge in [-0.3, -0.25) is 0 Å². The van der Waals surface area contributed by atoms with Crippen molar-refractivity contribution in [3.63, 3.8) is 0 Å². The van der Waals surface area contributed by atoms with Crippen molar-refractivity contribution in [1.29, 1.82) is 0 Å². The Morgan fingerprint density at radius 2 is 1.36 bits per heavy atom. The molecular formula is C10H21N. The third-order valence-corrected chi connectivity index (χ3v) is 3.06. The van der Waals surface area contributed by atoms with E-state index in [1.54, 1.807) is 0 Å². The maximum atomic E-state index is 2.59. The molecular weight excluding hydrogens is 134 g/mol. The van der Waals surface area contributed by atoms with Gasteiger partial charge in [-0.1, -0.05) is 20.3 Å². The molecule has 2 saturated heterocycles. The molecule has 0 saturated carbocycles. The highest BCUT2D eigenvalue weighted by Crippen LogP contribution is 2.33. The largest absolute Gasteiger partial charge is 0.300 e. The average Bonchev–Trinajstić information content (AvgIpc) is 2.30. The van der Waals surface area contributed by atoms with Crippen LogP contribution in [0.5, 0.6) is 0 Å². The van der Waals surface area contributed by atoms with Crippen molar-refractivity contribution < 1.29 is 0 Å². The second-order valence-corrected chi connectivity index (χ2v) is 3.48. The summed E-state index contributed by atoms with van der Waals surface area (Å²) in [5.74, 6) is 0. The number of hydrogen-bond acceptors (Lipinski definition) is 1. The van der Waals surface area contributed by atoms with Crippen molar-refractivity contribution in [1.82, 2.24) is 4.90 Å². The van der Waals surface area contributed by atoms with Gasteiger partial charge in [0.2, 0.25) is 0 Å². The molecule has 2 rings (SSSR count). The molecule has 66 valence electrons. The first-order valence-electron chi connectivity index (χ1n) is 5.10. The number of rotatable bonds is 0. The van der Waals surface area contributed by atoms with Crippen LogP contribution in [0.2, 0.25) is 0 Å². The van der Waals surface area contributed by atoms with E-state index in [1.165, 1.54) is 32.1 Å². The predicted molar refractivity (Wildman–Crippen MR) is 49.8 cm³/mol. The lowest BCUT2D eigenvalue weighted by atomic mass is 10.0. The van der Waals surface area contributed by atoms with Gasteiger partial charge in [-0.15, -0.1) is 0 Å². The monoisotopic (exact) mass is 155 g/mol. The molecule has 11 heavy (non-hydrogen) atoms. The quantitative estimate of drug-likeness (QED) is 0.520. The first-order valence-corrected chi connectivity index (χ1v) is 5.10. The van der Waals surface area contributed by atoms with Gasteiger partial charge in [-0.05, 0) is 32.7 Å². The van der Waals surface area contributed by atoms with Gasteiger partial charge in [0.1, 0.15) is 0 Å². The van der Waals surface area contributed by atoms with E-state index in [0.717, 1.165) is 12.1 Å². The Labute approximate surface area is 70.8 Å². The van der Waals surface area contributed by atoms with Crippen LogP contribution in [0.3, 0.4) is 0 Å². The minimum Gasteiger partial charge on any atom is -0.300 e. The summed E-state index contributed by atoms with van der Waals surface area (Å²) in [7, 11) is 2.29. The molecule has 1 heteroatoms. The topological polar surface area (TPSA) is 3.24 Å². The summed E-state index contributed by atoms with van der Waals surface area (Å²) in [4.78, 5) is 2.59. The Bertz CT molecular complexity index is 95.4. The maximum Gasteiger partial charge on any atom is 0.00957 e. The molecule has 0 radical (unpaired) electrons. The van der Waals surface area contributed by atoms with Crippen LogP contribution in [-0.2, 0) is 0 Å². The second kappa shape index (κ2) is 4.10. The van der Waals surface area contributed by atoms with Crippen molar-refractivity contribution >= 4 is 0 Å². The van der Waals surface area contributed by atoms with Crippen LogP contribution in [0.1, 0.15) is 46.0 Å². The summed E-state index contributed by atoms with van der Waals surface area (Å²) >= 11 is 0. The summed E-state index contributed by atoms with van der Waals surface area (Å²) in [6, 6.07) is 1.92. The van der Waals surface area contributed by atoms with Crippen LogP contribution >= 0.6 is 0 Å². The van der Waals surface area contributed by atoms with E-state index in [4.69, 9.17) is 0 Å². The molecule has 2 atom stereocenters. The van der Waals surface area contributed by atoms with Gasteiger partial charge in [0.15, 0.2) is 0 Å². The SMILES string of the molecule is CC.CN1[C@@H]2CCC[C@H]1CC2. The predicted octanol–water partition coefficient (Wildman–Crippen LogP) is 2.66. The maximum absolute atomic E-state index is 2.59. The Balaban J connectivity index is 0.000000281. The van der Waals surface area contributed by atoms with E-state index >= 15 is 0 Å². The fourth-order valence-corrected chi connectivity index (χ4v) is 2.38. The highest BCUT2D eigenvalue weighted by molar-refractivity contribution is 4.89. The van der Waals surface area contributed by atoms with Crippen LogP contribution in [0.4, 0.5) is 0 Å². The number of fused-ring (bicyclic) bond motifs is 2. The van der Waals surface area contributed by atoms with E-state index in [-0.39, 0.29) is 0 Å². The van der Waals surface area contributed by atoms with Crippen molar-refractivity contribution in [2.45, 2.75) is 58.0 Å². The molecule has 2 aliphatic rings. The Morgan fingerprint density at radius 3 is 1.73 bits per heavy atom. The minimum absolute atomic E-state index is 0.962. The van der Waals surface area contributed by atoms with Crippen molar-refractivity contribution in [2.24, 2.45) is 0 Å². The fraction of sp³-hybridized carbons (Fsp3) is 1.00. The highest BCUT2D eigenvalue weighted by atomic mass is 15.2. The molecule has 2 fully saturated rings. The van der Waals surface area contributed by atoms with Gasteiger partial charge in [0, 0.05) is 12.1 Å². The van der Waals surface area contributed by atoms with Gasteiger partial charge >= 0.3 is 0 Å². The molecule has 0 aromatic rings. The summed E-state index contributed by atoms with van der Waals surface area (Å²) < 4.78 is 0. The third-order valence-electron chi connectivity index (χ3n) is 3.06.